The van der Waals surface area contributed by atoms with Crippen LogP contribution in [0.3, 0.4) is 0 Å². The molecule has 2 heterocycles. The van der Waals surface area contributed by atoms with Gasteiger partial charge in [-0.3, -0.25) is 14.8 Å². The molecule has 1 atom stereocenters. The molecule has 3 N–H and O–H groups in total. The van der Waals surface area contributed by atoms with Crippen molar-refractivity contribution >= 4 is 11.6 Å². The van der Waals surface area contributed by atoms with Crippen molar-refractivity contribution in [2.75, 3.05) is 5.32 Å². The second kappa shape index (κ2) is 6.70. The molecule has 1 unspecified atom stereocenters. The molecule has 2 aromatic heterocycles. The van der Waals surface area contributed by atoms with Gasteiger partial charge in [0.1, 0.15) is 5.69 Å². The third kappa shape index (κ3) is 3.52. The second-order valence-electron chi connectivity index (χ2n) is 5.04. The van der Waals surface area contributed by atoms with Crippen molar-refractivity contribution in [2.45, 2.75) is 6.04 Å². The number of nitrogens with one attached hydrogen (secondary N) is 1. The van der Waals surface area contributed by atoms with E-state index in [2.05, 4.69) is 15.3 Å². The summed E-state index contributed by atoms with van der Waals surface area (Å²) in [6.45, 7) is 0. The lowest BCUT2D eigenvalue weighted by Gasteiger charge is -2.20. The average Bonchev–Trinajstić information content (AvgIpc) is 2.61. The number of hydrogen-bond acceptors (Lipinski definition) is 4. The van der Waals surface area contributed by atoms with Crippen LogP contribution in [0.1, 0.15) is 27.8 Å². The average molecular weight is 304 g/mol. The summed E-state index contributed by atoms with van der Waals surface area (Å²) < 4.78 is 0. The topological polar surface area (TPSA) is 80.9 Å². The van der Waals surface area contributed by atoms with Gasteiger partial charge in [-0.2, -0.15) is 0 Å². The molecular weight excluding hydrogens is 288 g/mol. The Morgan fingerprint density at radius 1 is 0.957 bits per heavy atom. The second-order valence-corrected chi connectivity index (χ2v) is 5.04. The smallest absolute Gasteiger partial charge is 0.267 e. The lowest BCUT2D eigenvalue weighted by molar-refractivity contribution is 0.0995. The highest BCUT2D eigenvalue weighted by molar-refractivity contribution is 5.91. The highest BCUT2D eigenvalue weighted by Gasteiger charge is 2.15. The van der Waals surface area contributed by atoms with Gasteiger partial charge in [0.05, 0.1) is 11.7 Å². The predicted octanol–water partition coefficient (Wildman–Crippen LogP) is 2.78. The summed E-state index contributed by atoms with van der Waals surface area (Å²) in [5, 5.41) is 3.40. The Kier molecular flexibility index (Phi) is 4.29. The Labute approximate surface area is 134 Å². The summed E-state index contributed by atoms with van der Waals surface area (Å²) in [5.41, 5.74) is 8.23. The molecule has 0 radical (unpaired) electrons. The summed E-state index contributed by atoms with van der Waals surface area (Å²) in [5.74, 6) is -0.553. The number of aromatic nitrogens is 2. The van der Waals surface area contributed by atoms with Gasteiger partial charge >= 0.3 is 0 Å². The normalized spacial score (nSPS) is 11.7. The van der Waals surface area contributed by atoms with Gasteiger partial charge in [0.25, 0.3) is 5.91 Å². The van der Waals surface area contributed by atoms with Crippen LogP contribution in [0.2, 0.25) is 0 Å². The first-order valence-corrected chi connectivity index (χ1v) is 7.22. The number of benzene rings is 1. The molecule has 0 aliphatic carbocycles. The molecule has 0 spiro atoms. The van der Waals surface area contributed by atoms with Gasteiger partial charge in [-0.25, -0.2) is 0 Å². The molecule has 0 fully saturated rings. The van der Waals surface area contributed by atoms with Crippen LogP contribution in [0.15, 0.2) is 73.1 Å². The highest BCUT2D eigenvalue weighted by atomic mass is 16.1. The van der Waals surface area contributed by atoms with Crippen molar-refractivity contribution < 1.29 is 4.79 Å². The molecule has 0 saturated heterocycles. The zero-order valence-corrected chi connectivity index (χ0v) is 12.4. The summed E-state index contributed by atoms with van der Waals surface area (Å²) in [7, 11) is 0. The molecule has 114 valence electrons. The van der Waals surface area contributed by atoms with Gasteiger partial charge in [-0.1, -0.05) is 36.4 Å². The molecule has 0 saturated carbocycles. The monoisotopic (exact) mass is 304 g/mol. The van der Waals surface area contributed by atoms with Gasteiger partial charge < -0.3 is 11.1 Å². The summed E-state index contributed by atoms with van der Waals surface area (Å²) >= 11 is 0. The maximum Gasteiger partial charge on any atom is 0.267 e. The molecule has 23 heavy (non-hydrogen) atoms. The van der Waals surface area contributed by atoms with E-state index in [-0.39, 0.29) is 11.7 Å². The van der Waals surface area contributed by atoms with E-state index in [1.165, 1.54) is 0 Å². The SMILES string of the molecule is NC(=O)c1cc(NC(c2ccccc2)c2ccccn2)ccn1. The summed E-state index contributed by atoms with van der Waals surface area (Å²) in [4.78, 5) is 19.7. The van der Waals surface area contributed by atoms with E-state index in [1.807, 2.05) is 48.5 Å². The first kappa shape index (κ1) is 14.7. The van der Waals surface area contributed by atoms with Crippen LogP contribution < -0.4 is 11.1 Å². The number of pyridine rings is 2. The molecule has 5 nitrogen and oxygen atoms in total. The molecule has 0 aliphatic heterocycles. The number of primary amides is 1. The maximum absolute atomic E-state index is 11.3. The van der Waals surface area contributed by atoms with Crippen LogP contribution in [0.25, 0.3) is 0 Å². The summed E-state index contributed by atoms with van der Waals surface area (Å²) in [6, 6.07) is 19.1. The lowest BCUT2D eigenvalue weighted by atomic mass is 10.0. The predicted molar refractivity (Wildman–Crippen MR) is 88.9 cm³/mol. The van der Waals surface area contributed by atoms with Crippen LogP contribution >= 0.6 is 0 Å². The zero-order chi connectivity index (χ0) is 16.1. The minimum Gasteiger partial charge on any atom is -0.373 e. The Bertz CT molecular complexity index is 751. The van der Waals surface area contributed by atoms with Crippen molar-refractivity contribution in [1.29, 1.82) is 0 Å². The minimum absolute atomic E-state index is 0.138. The number of nitrogens with two attached hydrogens (primary N) is 1. The third-order valence-corrected chi connectivity index (χ3v) is 3.44. The van der Waals surface area contributed by atoms with Crippen LogP contribution in [0.5, 0.6) is 0 Å². The fourth-order valence-electron chi connectivity index (χ4n) is 2.34. The number of rotatable bonds is 5. The molecule has 1 aromatic carbocycles. The van der Waals surface area contributed by atoms with Gasteiger partial charge in [0.2, 0.25) is 0 Å². The minimum atomic E-state index is -0.553. The number of anilines is 1. The van der Waals surface area contributed by atoms with Crippen LogP contribution in [-0.2, 0) is 0 Å². The Morgan fingerprint density at radius 2 is 1.74 bits per heavy atom. The zero-order valence-electron chi connectivity index (χ0n) is 12.4. The van der Waals surface area contributed by atoms with E-state index in [1.54, 1.807) is 24.5 Å². The van der Waals surface area contributed by atoms with Crippen LogP contribution in [-0.4, -0.2) is 15.9 Å². The first-order chi connectivity index (χ1) is 11.2. The van der Waals surface area contributed by atoms with Gasteiger partial charge in [0.15, 0.2) is 0 Å². The Morgan fingerprint density at radius 3 is 2.43 bits per heavy atom. The quantitative estimate of drug-likeness (QED) is 0.759. The fraction of sp³-hybridized carbons (Fsp3) is 0.0556. The van der Waals surface area contributed by atoms with E-state index >= 15 is 0 Å². The van der Waals surface area contributed by atoms with E-state index in [0.29, 0.717) is 0 Å². The van der Waals surface area contributed by atoms with Crippen molar-refractivity contribution in [1.82, 2.24) is 9.97 Å². The molecule has 1 amide bonds. The van der Waals surface area contributed by atoms with Crippen LogP contribution in [0.4, 0.5) is 5.69 Å². The number of nitrogens with zero attached hydrogens (tertiary/aromatic N) is 2. The Hall–Kier alpha value is -3.21. The van der Waals surface area contributed by atoms with Gasteiger partial charge in [-0.05, 0) is 29.8 Å². The lowest BCUT2D eigenvalue weighted by Crippen LogP contribution is -2.16. The highest BCUT2D eigenvalue weighted by Crippen LogP contribution is 2.25. The van der Waals surface area contributed by atoms with E-state index in [9.17, 15) is 4.79 Å². The maximum atomic E-state index is 11.3. The summed E-state index contributed by atoms with van der Waals surface area (Å²) in [6.07, 6.45) is 3.32. The Balaban J connectivity index is 1.97. The largest absolute Gasteiger partial charge is 0.373 e. The fourth-order valence-corrected chi connectivity index (χ4v) is 2.34. The molecule has 5 heteroatoms. The number of carbonyl (C=O) groups excluding carboxylic acids is 1. The van der Waals surface area contributed by atoms with E-state index in [0.717, 1.165) is 16.9 Å². The van der Waals surface area contributed by atoms with Crippen molar-refractivity contribution in [3.05, 3.63) is 90.0 Å². The molecule has 0 aliphatic rings. The van der Waals surface area contributed by atoms with Gasteiger partial charge in [0, 0.05) is 18.1 Å². The van der Waals surface area contributed by atoms with Crippen LogP contribution in [0, 0.1) is 0 Å². The molecule has 3 aromatic rings. The van der Waals surface area contributed by atoms with Crippen molar-refractivity contribution in [3.63, 3.8) is 0 Å². The van der Waals surface area contributed by atoms with Crippen molar-refractivity contribution in [3.8, 4) is 0 Å². The van der Waals surface area contributed by atoms with E-state index in [4.69, 9.17) is 5.73 Å². The molecule has 0 bridgehead atoms. The number of carbonyl (C=O) groups is 1. The standard InChI is InChI=1S/C18H16N4O/c19-18(23)16-12-14(9-11-21-16)22-17(13-6-2-1-3-7-13)15-8-4-5-10-20-15/h1-12,17H,(H2,19,23)(H,21,22). The molecular formula is C18H16N4O. The van der Waals surface area contributed by atoms with E-state index < -0.39 is 5.91 Å². The number of amides is 1. The molecule has 3 rings (SSSR count). The number of hydrogen-bond donors (Lipinski definition) is 2. The van der Waals surface area contributed by atoms with Crippen molar-refractivity contribution in [2.24, 2.45) is 5.73 Å². The first-order valence-electron chi connectivity index (χ1n) is 7.22. The van der Waals surface area contributed by atoms with Gasteiger partial charge in [-0.15, -0.1) is 0 Å². The third-order valence-electron chi connectivity index (χ3n) is 3.44.